The van der Waals surface area contributed by atoms with Crippen molar-refractivity contribution in [3.05, 3.63) is 71.3 Å². The van der Waals surface area contributed by atoms with E-state index in [2.05, 4.69) is 81.2 Å². The number of rotatable bonds is 6. The molecule has 0 amide bonds. The van der Waals surface area contributed by atoms with Crippen molar-refractivity contribution in [3.63, 3.8) is 0 Å². The van der Waals surface area contributed by atoms with Crippen LogP contribution in [0.25, 0.3) is 0 Å². The smallest absolute Gasteiger partial charge is 0.183 e. The zero-order chi connectivity index (χ0) is 15.3. The number of hydrogen-bond acceptors (Lipinski definition) is 1. The summed E-state index contributed by atoms with van der Waals surface area (Å²) < 4.78 is 6.18. The highest BCUT2D eigenvalue weighted by molar-refractivity contribution is 6.69. The van der Waals surface area contributed by atoms with Crippen LogP contribution in [0.3, 0.4) is 0 Å². The first-order valence-electron chi connectivity index (χ1n) is 7.68. The molecule has 0 fully saturated rings. The van der Waals surface area contributed by atoms with Crippen LogP contribution in [0.2, 0.25) is 19.6 Å². The quantitative estimate of drug-likeness (QED) is 0.668. The maximum Gasteiger partial charge on any atom is 0.183 e. The Morgan fingerprint density at radius 2 is 1.52 bits per heavy atom. The van der Waals surface area contributed by atoms with E-state index in [9.17, 15) is 0 Å². The van der Waals surface area contributed by atoms with Gasteiger partial charge in [0.15, 0.2) is 8.32 Å². The maximum atomic E-state index is 6.18. The van der Waals surface area contributed by atoms with E-state index >= 15 is 0 Å². The van der Waals surface area contributed by atoms with Crippen molar-refractivity contribution >= 4 is 8.32 Å². The van der Waals surface area contributed by atoms with Crippen molar-refractivity contribution in [1.29, 1.82) is 0 Å². The highest BCUT2D eigenvalue weighted by atomic mass is 28.4. The van der Waals surface area contributed by atoms with Gasteiger partial charge in [0.1, 0.15) is 0 Å². The molecule has 2 heteroatoms. The van der Waals surface area contributed by atoms with Gasteiger partial charge in [-0.1, -0.05) is 60.2 Å². The SMILES string of the molecule is Cc1ccc(C[C@@H](CO[Si](C)(C)C)c2ccccc2)cc1. The molecule has 0 aliphatic rings. The van der Waals surface area contributed by atoms with E-state index in [-0.39, 0.29) is 0 Å². The number of benzene rings is 2. The van der Waals surface area contributed by atoms with Crippen LogP contribution in [0, 0.1) is 6.92 Å². The minimum atomic E-state index is -1.48. The first kappa shape index (κ1) is 16.0. The van der Waals surface area contributed by atoms with E-state index in [0.29, 0.717) is 5.92 Å². The third-order valence-electron chi connectivity index (χ3n) is 3.59. The van der Waals surface area contributed by atoms with Crippen LogP contribution < -0.4 is 0 Å². The molecule has 0 aromatic heterocycles. The molecule has 2 rings (SSSR count). The molecule has 0 radical (unpaired) electrons. The lowest BCUT2D eigenvalue weighted by atomic mass is 9.92. The van der Waals surface area contributed by atoms with Crippen molar-refractivity contribution in [1.82, 2.24) is 0 Å². The van der Waals surface area contributed by atoms with Crippen molar-refractivity contribution < 1.29 is 4.43 Å². The standard InChI is InChI=1S/C19H26OSi/c1-16-10-12-17(13-11-16)14-19(15-20-21(2,3)4)18-8-6-5-7-9-18/h5-13,19H,14-15H2,1-4H3/t19-/m0/s1. The van der Waals surface area contributed by atoms with Gasteiger partial charge in [0.25, 0.3) is 0 Å². The van der Waals surface area contributed by atoms with E-state index in [1.54, 1.807) is 0 Å². The summed E-state index contributed by atoms with van der Waals surface area (Å²) in [5.41, 5.74) is 4.07. The zero-order valence-corrected chi connectivity index (χ0v) is 14.6. The lowest BCUT2D eigenvalue weighted by Crippen LogP contribution is -2.28. The molecular formula is C19H26OSi. The second kappa shape index (κ2) is 7.06. The molecule has 0 N–H and O–H groups in total. The zero-order valence-electron chi connectivity index (χ0n) is 13.6. The number of aryl methyl sites for hydroxylation is 1. The van der Waals surface area contributed by atoms with Crippen molar-refractivity contribution in [2.75, 3.05) is 6.61 Å². The van der Waals surface area contributed by atoms with Crippen LogP contribution in [0.1, 0.15) is 22.6 Å². The van der Waals surface area contributed by atoms with Gasteiger partial charge in [-0.2, -0.15) is 0 Å². The minimum Gasteiger partial charge on any atom is -0.417 e. The Bertz CT molecular complexity index is 540. The fraction of sp³-hybridized carbons (Fsp3) is 0.368. The van der Waals surface area contributed by atoms with Crippen LogP contribution in [-0.4, -0.2) is 14.9 Å². The fourth-order valence-corrected chi connectivity index (χ4v) is 3.06. The molecule has 1 nitrogen and oxygen atoms in total. The Morgan fingerprint density at radius 1 is 0.905 bits per heavy atom. The molecule has 0 saturated heterocycles. The van der Waals surface area contributed by atoms with E-state index in [4.69, 9.17) is 4.43 Å². The summed E-state index contributed by atoms with van der Waals surface area (Å²) in [6, 6.07) is 19.6. The van der Waals surface area contributed by atoms with Gasteiger partial charge in [0.2, 0.25) is 0 Å². The summed E-state index contributed by atoms with van der Waals surface area (Å²) >= 11 is 0. The van der Waals surface area contributed by atoms with Gasteiger partial charge in [-0.25, -0.2) is 0 Å². The molecule has 2 aromatic carbocycles. The van der Waals surface area contributed by atoms with Crippen molar-refractivity contribution in [2.45, 2.75) is 38.9 Å². The van der Waals surface area contributed by atoms with Crippen LogP contribution in [0.5, 0.6) is 0 Å². The lowest BCUT2D eigenvalue weighted by molar-refractivity contribution is 0.281. The van der Waals surface area contributed by atoms with E-state index in [1.807, 2.05) is 0 Å². The largest absolute Gasteiger partial charge is 0.417 e. The maximum absolute atomic E-state index is 6.18. The van der Waals surface area contributed by atoms with Gasteiger partial charge in [0.05, 0.1) is 0 Å². The van der Waals surface area contributed by atoms with Crippen LogP contribution >= 0.6 is 0 Å². The van der Waals surface area contributed by atoms with Crippen LogP contribution in [0.4, 0.5) is 0 Å². The molecule has 0 aliphatic carbocycles. The van der Waals surface area contributed by atoms with Crippen molar-refractivity contribution in [2.24, 2.45) is 0 Å². The Labute approximate surface area is 130 Å². The monoisotopic (exact) mass is 298 g/mol. The van der Waals surface area contributed by atoms with Crippen LogP contribution in [0.15, 0.2) is 54.6 Å². The Balaban J connectivity index is 2.13. The highest BCUT2D eigenvalue weighted by Crippen LogP contribution is 2.23. The molecule has 21 heavy (non-hydrogen) atoms. The summed E-state index contributed by atoms with van der Waals surface area (Å²) in [5, 5.41) is 0. The Hall–Kier alpha value is -1.38. The normalized spacial score (nSPS) is 13.1. The predicted octanol–water partition coefficient (Wildman–Crippen LogP) is 5.17. The van der Waals surface area contributed by atoms with Gasteiger partial charge < -0.3 is 4.43 Å². The van der Waals surface area contributed by atoms with Gasteiger partial charge in [0, 0.05) is 12.5 Å². The van der Waals surface area contributed by atoms with E-state index in [1.165, 1.54) is 16.7 Å². The van der Waals surface area contributed by atoms with Gasteiger partial charge in [-0.05, 0) is 44.1 Å². The third-order valence-corrected chi connectivity index (χ3v) is 4.62. The summed E-state index contributed by atoms with van der Waals surface area (Å²) in [6.07, 6.45) is 1.04. The minimum absolute atomic E-state index is 0.431. The third kappa shape index (κ3) is 5.48. The summed E-state index contributed by atoms with van der Waals surface area (Å²) in [6.45, 7) is 9.70. The molecule has 0 bridgehead atoms. The average Bonchev–Trinajstić information content (AvgIpc) is 2.45. The predicted molar refractivity (Wildman–Crippen MR) is 93.4 cm³/mol. The second-order valence-corrected chi connectivity index (χ2v) is 11.2. The molecule has 0 spiro atoms. The molecule has 0 saturated carbocycles. The van der Waals surface area contributed by atoms with Crippen LogP contribution in [-0.2, 0) is 10.8 Å². The fourth-order valence-electron chi connectivity index (χ4n) is 2.36. The van der Waals surface area contributed by atoms with E-state index < -0.39 is 8.32 Å². The molecule has 0 unspecified atom stereocenters. The van der Waals surface area contributed by atoms with Gasteiger partial charge >= 0.3 is 0 Å². The van der Waals surface area contributed by atoms with E-state index in [0.717, 1.165) is 13.0 Å². The molecule has 1 atom stereocenters. The molecule has 0 heterocycles. The number of hydrogen-bond donors (Lipinski definition) is 0. The second-order valence-electron chi connectivity index (χ2n) is 6.72. The highest BCUT2D eigenvalue weighted by Gasteiger charge is 2.19. The van der Waals surface area contributed by atoms with Gasteiger partial charge in [-0.3, -0.25) is 0 Å². The topological polar surface area (TPSA) is 9.23 Å². The lowest BCUT2D eigenvalue weighted by Gasteiger charge is -2.24. The summed E-state index contributed by atoms with van der Waals surface area (Å²) in [4.78, 5) is 0. The van der Waals surface area contributed by atoms with Crippen molar-refractivity contribution in [3.8, 4) is 0 Å². The average molecular weight is 299 g/mol. The molecular weight excluding hydrogens is 272 g/mol. The molecule has 0 aliphatic heterocycles. The molecule has 112 valence electrons. The Kier molecular flexibility index (Phi) is 5.37. The molecule has 2 aromatic rings. The first-order valence-corrected chi connectivity index (χ1v) is 11.1. The first-order chi connectivity index (χ1) is 9.94. The van der Waals surface area contributed by atoms with Gasteiger partial charge in [-0.15, -0.1) is 0 Å². The summed E-state index contributed by atoms with van der Waals surface area (Å²) in [5.74, 6) is 0.431. The summed E-state index contributed by atoms with van der Waals surface area (Å²) in [7, 11) is -1.48. The Morgan fingerprint density at radius 3 is 2.10 bits per heavy atom.